The lowest BCUT2D eigenvalue weighted by Crippen LogP contribution is -2.33. The van der Waals surface area contributed by atoms with Crippen LogP contribution in [0, 0.1) is 0 Å². The Labute approximate surface area is 79.0 Å². The maximum absolute atomic E-state index is 10.8. The molecule has 0 radical (unpaired) electrons. The van der Waals surface area contributed by atoms with Crippen LogP contribution in [0.15, 0.2) is 0 Å². The minimum atomic E-state index is -0.860. The average molecular weight is 206 g/mol. The lowest BCUT2D eigenvalue weighted by atomic mass is 10.2. The predicted octanol–water partition coefficient (Wildman–Crippen LogP) is -1.22. The molecule has 0 aliphatic carbocycles. The summed E-state index contributed by atoms with van der Waals surface area (Å²) in [4.78, 5) is 12.0. The number of aryl methyl sites for hydroxylation is 1. The van der Waals surface area contributed by atoms with Gasteiger partial charge in [0.05, 0.1) is 7.05 Å². The van der Waals surface area contributed by atoms with Crippen molar-refractivity contribution in [3.8, 4) is 0 Å². The Hall–Kier alpha value is -1.21. The average Bonchev–Trinajstić information content (AvgIpc) is 2.49. The van der Waals surface area contributed by atoms with Crippen LogP contribution >= 0.6 is 11.9 Å². The molecule has 72 valence electrons. The fourth-order valence-electron chi connectivity index (χ4n) is 0.742. The number of carbonyl (C=O) groups is 1. The zero-order valence-electron chi connectivity index (χ0n) is 6.85. The van der Waals surface area contributed by atoms with Crippen LogP contribution in [0.1, 0.15) is 5.82 Å². The van der Waals surface area contributed by atoms with Crippen molar-refractivity contribution < 1.29 is 9.08 Å². The third-order valence-electron chi connectivity index (χ3n) is 1.33. The molecule has 1 rings (SSSR count). The lowest BCUT2D eigenvalue weighted by Gasteiger charge is -2.02. The third kappa shape index (κ3) is 2.63. The fourth-order valence-corrected chi connectivity index (χ4v) is 0.857. The van der Waals surface area contributed by atoms with E-state index in [-0.39, 0.29) is 6.42 Å². The number of rotatable bonds is 3. The van der Waals surface area contributed by atoms with Gasteiger partial charge in [-0.15, -0.1) is 10.2 Å². The number of carbonyl (C=O) groups excluding carboxylic acids is 1. The van der Waals surface area contributed by atoms with Gasteiger partial charge >= 0.3 is 5.97 Å². The molecule has 1 aromatic rings. The van der Waals surface area contributed by atoms with Gasteiger partial charge in [0, 0.05) is 6.42 Å². The molecule has 2 N–H and O–H groups in total. The summed E-state index contributed by atoms with van der Waals surface area (Å²) in [5, 5.41) is 11.0. The first-order chi connectivity index (χ1) is 6.13. The number of halogens is 1. The first kappa shape index (κ1) is 9.87. The zero-order chi connectivity index (χ0) is 9.84. The molecule has 8 heteroatoms. The minimum Gasteiger partial charge on any atom is -0.346 e. The quantitative estimate of drug-likeness (QED) is 0.664. The third-order valence-corrected chi connectivity index (χ3v) is 1.48. The van der Waals surface area contributed by atoms with E-state index in [1.807, 2.05) is 0 Å². The Morgan fingerprint density at radius 1 is 1.85 bits per heavy atom. The van der Waals surface area contributed by atoms with Crippen LogP contribution in [0.3, 0.4) is 0 Å². The van der Waals surface area contributed by atoms with Gasteiger partial charge < -0.3 is 10.0 Å². The largest absolute Gasteiger partial charge is 0.346 e. The smallest absolute Gasteiger partial charge is 0.341 e. The molecule has 0 aliphatic heterocycles. The van der Waals surface area contributed by atoms with E-state index in [0.717, 1.165) is 0 Å². The van der Waals surface area contributed by atoms with Gasteiger partial charge in [0.15, 0.2) is 5.82 Å². The summed E-state index contributed by atoms with van der Waals surface area (Å²) in [7, 11) is 1.61. The van der Waals surface area contributed by atoms with Crippen molar-refractivity contribution >= 4 is 17.8 Å². The van der Waals surface area contributed by atoms with Gasteiger partial charge in [-0.05, 0) is 5.21 Å². The molecule has 0 spiro atoms. The molecule has 0 fully saturated rings. The van der Waals surface area contributed by atoms with Crippen molar-refractivity contribution in [1.29, 1.82) is 0 Å². The standard InChI is InChI=1S/C5H8ClN5O2/c1-11-9-4(8-10-11)2-3(7)5(12)13-6/h3H,2,7H2,1H3. The second-order valence-electron chi connectivity index (χ2n) is 2.40. The van der Waals surface area contributed by atoms with E-state index in [0.29, 0.717) is 5.82 Å². The molecule has 1 unspecified atom stereocenters. The first-order valence-electron chi connectivity index (χ1n) is 3.44. The van der Waals surface area contributed by atoms with E-state index >= 15 is 0 Å². The van der Waals surface area contributed by atoms with E-state index in [9.17, 15) is 4.79 Å². The molecule has 0 aliphatic rings. The van der Waals surface area contributed by atoms with Crippen LogP contribution in [-0.4, -0.2) is 32.2 Å². The summed E-state index contributed by atoms with van der Waals surface area (Å²) in [6.07, 6.45) is 0.152. The monoisotopic (exact) mass is 205 g/mol. The summed E-state index contributed by atoms with van der Waals surface area (Å²) < 4.78 is 3.92. The summed E-state index contributed by atoms with van der Waals surface area (Å²) >= 11 is 4.83. The molecular formula is C5H8ClN5O2. The molecule has 0 amide bonds. The molecular weight excluding hydrogens is 198 g/mol. The highest BCUT2D eigenvalue weighted by molar-refractivity contribution is 6.13. The summed E-state index contributed by atoms with van der Waals surface area (Å²) in [5.41, 5.74) is 5.39. The van der Waals surface area contributed by atoms with Crippen LogP contribution < -0.4 is 5.73 Å². The number of nitrogens with zero attached hydrogens (tertiary/aromatic N) is 4. The second-order valence-corrected chi connectivity index (χ2v) is 2.56. The van der Waals surface area contributed by atoms with E-state index in [1.54, 1.807) is 7.05 Å². The highest BCUT2D eigenvalue weighted by atomic mass is 35.5. The van der Waals surface area contributed by atoms with Crippen LogP contribution in [0.2, 0.25) is 0 Å². The van der Waals surface area contributed by atoms with Gasteiger partial charge in [0.2, 0.25) is 0 Å². The number of tetrazole rings is 1. The Morgan fingerprint density at radius 3 is 3.00 bits per heavy atom. The predicted molar refractivity (Wildman–Crippen MR) is 42.4 cm³/mol. The number of aromatic nitrogens is 4. The van der Waals surface area contributed by atoms with Crippen molar-refractivity contribution in [1.82, 2.24) is 20.2 Å². The maximum atomic E-state index is 10.8. The van der Waals surface area contributed by atoms with Gasteiger partial charge in [-0.2, -0.15) is 4.80 Å². The molecule has 0 aromatic carbocycles. The van der Waals surface area contributed by atoms with E-state index in [2.05, 4.69) is 19.7 Å². The lowest BCUT2D eigenvalue weighted by molar-refractivity contribution is -0.135. The van der Waals surface area contributed by atoms with Gasteiger partial charge in [-0.1, -0.05) is 0 Å². The second kappa shape index (κ2) is 4.15. The van der Waals surface area contributed by atoms with Gasteiger partial charge in [-0.3, -0.25) is 0 Å². The molecule has 1 heterocycles. The Balaban J connectivity index is 2.54. The number of nitrogens with two attached hydrogens (primary N) is 1. The molecule has 13 heavy (non-hydrogen) atoms. The molecule has 0 saturated carbocycles. The maximum Gasteiger partial charge on any atom is 0.341 e. The topological polar surface area (TPSA) is 95.9 Å². The molecule has 0 bridgehead atoms. The number of hydrogen-bond donors (Lipinski definition) is 1. The van der Waals surface area contributed by atoms with E-state index in [1.165, 1.54) is 4.80 Å². The number of hydrogen-bond acceptors (Lipinski definition) is 6. The van der Waals surface area contributed by atoms with Crippen molar-refractivity contribution in [3.63, 3.8) is 0 Å². The summed E-state index contributed by atoms with van der Waals surface area (Å²) in [6, 6.07) is -0.860. The first-order valence-corrected chi connectivity index (χ1v) is 3.75. The highest BCUT2D eigenvalue weighted by Gasteiger charge is 2.17. The van der Waals surface area contributed by atoms with Crippen LogP contribution in [-0.2, 0) is 22.6 Å². The van der Waals surface area contributed by atoms with E-state index in [4.69, 9.17) is 17.6 Å². The van der Waals surface area contributed by atoms with Crippen molar-refractivity contribution in [3.05, 3.63) is 5.82 Å². The van der Waals surface area contributed by atoms with Crippen molar-refractivity contribution in [2.75, 3.05) is 0 Å². The van der Waals surface area contributed by atoms with Gasteiger partial charge in [0.25, 0.3) is 0 Å². The minimum absolute atomic E-state index is 0.152. The molecule has 0 saturated heterocycles. The van der Waals surface area contributed by atoms with Crippen molar-refractivity contribution in [2.45, 2.75) is 12.5 Å². The normalized spacial score (nSPS) is 12.5. The van der Waals surface area contributed by atoms with Crippen molar-refractivity contribution in [2.24, 2.45) is 12.8 Å². The van der Waals surface area contributed by atoms with Crippen LogP contribution in [0.25, 0.3) is 0 Å². The van der Waals surface area contributed by atoms with E-state index < -0.39 is 12.0 Å². The summed E-state index contributed by atoms with van der Waals surface area (Å²) in [5.74, 6) is -0.341. The Bertz CT molecular complexity index is 301. The molecule has 1 aromatic heterocycles. The SMILES string of the molecule is Cn1nnc(CC(N)C(=O)OCl)n1. The highest BCUT2D eigenvalue weighted by Crippen LogP contribution is 1.96. The fraction of sp³-hybridized carbons (Fsp3) is 0.600. The van der Waals surface area contributed by atoms with Crippen LogP contribution in [0.4, 0.5) is 0 Å². The van der Waals surface area contributed by atoms with Gasteiger partial charge in [-0.25, -0.2) is 4.79 Å². The Morgan fingerprint density at radius 2 is 2.54 bits per heavy atom. The molecule has 7 nitrogen and oxygen atoms in total. The van der Waals surface area contributed by atoms with Crippen LogP contribution in [0.5, 0.6) is 0 Å². The zero-order valence-corrected chi connectivity index (χ0v) is 7.60. The van der Waals surface area contributed by atoms with Gasteiger partial charge in [0.1, 0.15) is 17.9 Å². The Kier molecular flexibility index (Phi) is 3.15. The summed E-state index contributed by atoms with van der Waals surface area (Å²) in [6.45, 7) is 0. The molecule has 1 atom stereocenters.